The fourth-order valence-corrected chi connectivity index (χ4v) is 3.26. The maximum atomic E-state index is 12.7. The lowest BCUT2D eigenvalue weighted by atomic mass is 10.2. The summed E-state index contributed by atoms with van der Waals surface area (Å²) in [6.07, 6.45) is -4.66. The molecule has 2 aromatic rings. The average Bonchev–Trinajstić information content (AvgIpc) is 2.53. The van der Waals surface area contributed by atoms with Crippen LogP contribution in [0.15, 0.2) is 47.4 Å². The standard InChI is InChI=1S/C15H10ClF3O5S/c1-23-14(20)9-5-6-12(16)13(7-9)25(21,22)24-11-4-2-3-10(8-11)15(17,18)19/h2-8H,1H3. The number of methoxy groups -OCH3 is 1. The van der Waals surface area contributed by atoms with E-state index in [1.807, 2.05) is 0 Å². The molecule has 0 aliphatic carbocycles. The van der Waals surface area contributed by atoms with E-state index in [-0.39, 0.29) is 10.6 Å². The highest BCUT2D eigenvalue weighted by atomic mass is 35.5. The first-order valence-corrected chi connectivity index (χ1v) is 8.33. The molecule has 0 bridgehead atoms. The molecule has 0 heterocycles. The fourth-order valence-electron chi connectivity index (χ4n) is 1.84. The van der Waals surface area contributed by atoms with Crippen LogP contribution in [0.5, 0.6) is 5.75 Å². The van der Waals surface area contributed by atoms with Gasteiger partial charge in [-0.1, -0.05) is 17.7 Å². The minimum absolute atomic E-state index is 0.113. The van der Waals surface area contributed by atoms with Gasteiger partial charge in [0.05, 0.1) is 23.3 Å². The van der Waals surface area contributed by atoms with Gasteiger partial charge in [-0.3, -0.25) is 0 Å². The highest BCUT2D eigenvalue weighted by molar-refractivity contribution is 7.87. The number of rotatable bonds is 4. The van der Waals surface area contributed by atoms with Crippen molar-refractivity contribution in [2.24, 2.45) is 0 Å². The van der Waals surface area contributed by atoms with Gasteiger partial charge in [-0.15, -0.1) is 0 Å². The molecule has 0 amide bonds. The third-order valence-electron chi connectivity index (χ3n) is 2.99. The number of benzene rings is 2. The Balaban J connectivity index is 2.42. The fraction of sp³-hybridized carbons (Fsp3) is 0.133. The van der Waals surface area contributed by atoms with Crippen LogP contribution in [-0.2, 0) is 21.0 Å². The Morgan fingerprint density at radius 2 is 1.80 bits per heavy atom. The smallest absolute Gasteiger partial charge is 0.416 e. The van der Waals surface area contributed by atoms with Crippen molar-refractivity contribution in [3.8, 4) is 5.75 Å². The Morgan fingerprint density at radius 3 is 2.40 bits per heavy atom. The van der Waals surface area contributed by atoms with Crippen LogP contribution in [0, 0.1) is 0 Å². The van der Waals surface area contributed by atoms with Gasteiger partial charge in [0.15, 0.2) is 0 Å². The number of ether oxygens (including phenoxy) is 1. The van der Waals surface area contributed by atoms with Gasteiger partial charge >= 0.3 is 22.3 Å². The van der Waals surface area contributed by atoms with Crippen LogP contribution in [0.4, 0.5) is 13.2 Å². The molecular formula is C15H10ClF3O5S. The highest BCUT2D eigenvalue weighted by Gasteiger charge is 2.31. The molecule has 2 rings (SSSR count). The molecule has 0 atom stereocenters. The van der Waals surface area contributed by atoms with E-state index in [0.717, 1.165) is 37.4 Å². The lowest BCUT2D eigenvalue weighted by Gasteiger charge is -2.11. The van der Waals surface area contributed by atoms with Crippen LogP contribution in [0.3, 0.4) is 0 Å². The lowest BCUT2D eigenvalue weighted by molar-refractivity contribution is -0.137. The molecule has 0 radical (unpaired) electrons. The first kappa shape index (κ1) is 19.1. The Hall–Kier alpha value is -2.26. The van der Waals surface area contributed by atoms with E-state index in [0.29, 0.717) is 6.07 Å². The maximum absolute atomic E-state index is 12.7. The Kier molecular flexibility index (Phi) is 5.28. The van der Waals surface area contributed by atoms with E-state index in [4.69, 9.17) is 15.8 Å². The summed E-state index contributed by atoms with van der Waals surface area (Å²) in [5.74, 6) is -1.36. The SMILES string of the molecule is COC(=O)c1ccc(Cl)c(S(=O)(=O)Oc2cccc(C(F)(F)F)c2)c1. The molecule has 25 heavy (non-hydrogen) atoms. The van der Waals surface area contributed by atoms with E-state index < -0.39 is 38.5 Å². The van der Waals surface area contributed by atoms with Crippen molar-refractivity contribution >= 4 is 27.7 Å². The second kappa shape index (κ2) is 6.93. The van der Waals surface area contributed by atoms with Gasteiger partial charge in [0, 0.05) is 0 Å². The van der Waals surface area contributed by atoms with Crippen LogP contribution < -0.4 is 4.18 Å². The van der Waals surface area contributed by atoms with Gasteiger partial charge in [-0.2, -0.15) is 21.6 Å². The van der Waals surface area contributed by atoms with Crippen molar-refractivity contribution in [3.63, 3.8) is 0 Å². The zero-order valence-corrected chi connectivity index (χ0v) is 14.1. The molecule has 0 aliphatic heterocycles. The first-order chi connectivity index (χ1) is 11.5. The van der Waals surface area contributed by atoms with Crippen LogP contribution in [0.1, 0.15) is 15.9 Å². The van der Waals surface area contributed by atoms with E-state index in [9.17, 15) is 26.4 Å². The molecular weight excluding hydrogens is 385 g/mol. The molecule has 2 aromatic carbocycles. The summed E-state index contributed by atoms with van der Waals surface area (Å²) in [7, 11) is -3.48. The van der Waals surface area contributed by atoms with Crippen LogP contribution in [0.25, 0.3) is 0 Å². The van der Waals surface area contributed by atoms with Crippen LogP contribution in [-0.4, -0.2) is 21.5 Å². The molecule has 0 unspecified atom stereocenters. The number of alkyl halides is 3. The molecule has 0 spiro atoms. The summed E-state index contributed by atoms with van der Waals surface area (Å²) < 4.78 is 71.9. The predicted molar refractivity (Wildman–Crippen MR) is 82.0 cm³/mol. The first-order valence-electron chi connectivity index (χ1n) is 6.54. The minimum Gasteiger partial charge on any atom is -0.465 e. The number of hydrogen-bond acceptors (Lipinski definition) is 5. The molecule has 10 heteroatoms. The zero-order chi connectivity index (χ0) is 18.8. The van der Waals surface area contributed by atoms with Crippen molar-refractivity contribution in [2.45, 2.75) is 11.1 Å². The maximum Gasteiger partial charge on any atom is 0.416 e. The summed E-state index contributed by atoms with van der Waals surface area (Å²) in [6, 6.07) is 6.63. The molecule has 0 saturated heterocycles. The molecule has 134 valence electrons. The molecule has 5 nitrogen and oxygen atoms in total. The summed E-state index contributed by atoms with van der Waals surface area (Å²) >= 11 is 5.81. The number of esters is 1. The molecule has 0 fully saturated rings. The van der Waals surface area contributed by atoms with Gasteiger partial charge in [0.2, 0.25) is 0 Å². The monoisotopic (exact) mass is 394 g/mol. The summed E-state index contributed by atoms with van der Waals surface area (Å²) in [6.45, 7) is 0. The molecule has 0 aliphatic rings. The minimum atomic E-state index is -4.66. The Morgan fingerprint density at radius 1 is 1.12 bits per heavy atom. The summed E-state index contributed by atoms with van der Waals surface area (Å²) in [4.78, 5) is 10.9. The third kappa shape index (κ3) is 4.43. The quantitative estimate of drug-likeness (QED) is 0.581. The summed E-state index contributed by atoms with van der Waals surface area (Å²) in [5.41, 5.74) is -1.19. The number of halogens is 4. The number of carbonyl (C=O) groups is 1. The Labute approximate surface area is 146 Å². The van der Waals surface area contributed by atoms with E-state index in [1.165, 1.54) is 6.07 Å². The zero-order valence-electron chi connectivity index (χ0n) is 12.5. The normalized spacial score (nSPS) is 11.9. The van der Waals surface area contributed by atoms with E-state index in [1.54, 1.807) is 0 Å². The van der Waals surface area contributed by atoms with Crippen LogP contribution >= 0.6 is 11.6 Å². The summed E-state index contributed by atoms with van der Waals surface area (Å²) in [5, 5.41) is -0.264. The van der Waals surface area contributed by atoms with Crippen molar-refractivity contribution in [2.75, 3.05) is 7.11 Å². The van der Waals surface area contributed by atoms with Crippen molar-refractivity contribution in [1.82, 2.24) is 0 Å². The second-order valence-corrected chi connectivity index (χ2v) is 6.62. The Bertz CT molecular complexity index is 910. The predicted octanol–water partition coefficient (Wildman–Crippen LogP) is 3.91. The third-order valence-corrected chi connectivity index (χ3v) is 4.72. The number of carbonyl (C=O) groups excluding carboxylic acids is 1. The van der Waals surface area contributed by atoms with E-state index >= 15 is 0 Å². The van der Waals surface area contributed by atoms with Gasteiger partial charge in [-0.25, -0.2) is 4.79 Å². The topological polar surface area (TPSA) is 69.7 Å². The lowest BCUT2D eigenvalue weighted by Crippen LogP contribution is -2.13. The number of hydrogen-bond donors (Lipinski definition) is 0. The molecule has 0 aromatic heterocycles. The van der Waals surface area contributed by atoms with Crippen LogP contribution in [0.2, 0.25) is 5.02 Å². The highest BCUT2D eigenvalue weighted by Crippen LogP contribution is 2.33. The largest absolute Gasteiger partial charge is 0.465 e. The van der Waals surface area contributed by atoms with Crippen molar-refractivity contribution in [1.29, 1.82) is 0 Å². The van der Waals surface area contributed by atoms with Gasteiger partial charge < -0.3 is 8.92 Å². The van der Waals surface area contributed by atoms with E-state index in [2.05, 4.69) is 4.74 Å². The van der Waals surface area contributed by atoms with Gasteiger partial charge in [0.1, 0.15) is 10.6 Å². The van der Waals surface area contributed by atoms with Gasteiger partial charge in [0.25, 0.3) is 0 Å². The van der Waals surface area contributed by atoms with Gasteiger partial charge in [-0.05, 0) is 36.4 Å². The average molecular weight is 395 g/mol. The molecule has 0 saturated carbocycles. The van der Waals surface area contributed by atoms with Crippen molar-refractivity contribution < 1.29 is 35.3 Å². The molecule has 0 N–H and O–H groups in total. The second-order valence-electron chi connectivity index (χ2n) is 4.70. The van der Waals surface area contributed by atoms with Crippen molar-refractivity contribution in [3.05, 3.63) is 58.6 Å².